The maximum Gasteiger partial charge on any atom is 0.240 e. The van der Waals surface area contributed by atoms with Gasteiger partial charge in [0.2, 0.25) is 15.9 Å². The Kier molecular flexibility index (Phi) is 6.24. The molecule has 30 heavy (non-hydrogen) atoms. The molecule has 4 rings (SSSR count). The molecule has 162 valence electrons. The van der Waals surface area contributed by atoms with Crippen LogP contribution < -0.4 is 4.72 Å². The highest BCUT2D eigenvalue weighted by Crippen LogP contribution is 2.25. The van der Waals surface area contributed by atoms with E-state index in [0.29, 0.717) is 32.5 Å². The van der Waals surface area contributed by atoms with Crippen LogP contribution in [0, 0.1) is 5.82 Å². The first-order valence-electron chi connectivity index (χ1n) is 10.2. The molecule has 6 nitrogen and oxygen atoms in total. The van der Waals surface area contributed by atoms with Gasteiger partial charge in [0.15, 0.2) is 0 Å². The summed E-state index contributed by atoms with van der Waals surface area (Å²) in [6.45, 7) is 4.68. The molecule has 3 heterocycles. The third-order valence-corrected chi connectivity index (χ3v) is 8.56. The number of amides is 1. The summed E-state index contributed by atoms with van der Waals surface area (Å²) in [5.41, 5.74) is 1.25. The van der Waals surface area contributed by atoms with Gasteiger partial charge in [-0.15, -0.1) is 11.3 Å². The average Bonchev–Trinajstić information content (AvgIpc) is 3.21. The van der Waals surface area contributed by atoms with E-state index in [1.54, 1.807) is 11.3 Å². The number of halogens is 1. The molecule has 1 atom stereocenters. The lowest BCUT2D eigenvalue weighted by Gasteiger charge is -2.38. The van der Waals surface area contributed by atoms with Gasteiger partial charge in [-0.05, 0) is 67.5 Å². The van der Waals surface area contributed by atoms with Gasteiger partial charge in [0.05, 0.1) is 10.9 Å². The Hall–Kier alpha value is -1.81. The van der Waals surface area contributed by atoms with Crippen molar-refractivity contribution in [1.29, 1.82) is 0 Å². The monoisotopic (exact) mass is 451 g/mol. The number of nitrogens with zero attached hydrogens (tertiary/aromatic N) is 2. The highest BCUT2D eigenvalue weighted by atomic mass is 32.2. The van der Waals surface area contributed by atoms with E-state index in [9.17, 15) is 17.6 Å². The lowest BCUT2D eigenvalue weighted by Crippen LogP contribution is -2.53. The van der Waals surface area contributed by atoms with Crippen molar-refractivity contribution in [2.75, 3.05) is 19.6 Å². The molecular weight excluding hydrogens is 425 g/mol. The number of hydrogen-bond acceptors (Lipinski definition) is 5. The van der Waals surface area contributed by atoms with E-state index in [2.05, 4.69) is 21.1 Å². The number of hydrogen-bond donors (Lipinski definition) is 1. The van der Waals surface area contributed by atoms with Crippen LogP contribution in [-0.4, -0.2) is 55.8 Å². The van der Waals surface area contributed by atoms with Crippen LogP contribution in [0.25, 0.3) is 0 Å². The van der Waals surface area contributed by atoms with Crippen LogP contribution in [0.15, 0.2) is 40.6 Å². The number of rotatable bonds is 5. The second-order valence-corrected chi connectivity index (χ2v) is 10.7. The zero-order chi connectivity index (χ0) is 21.3. The molecule has 1 saturated heterocycles. The van der Waals surface area contributed by atoms with Crippen LogP contribution in [0.2, 0.25) is 0 Å². The minimum Gasteiger partial charge on any atom is -0.337 e. The Morgan fingerprint density at radius 1 is 1.17 bits per heavy atom. The van der Waals surface area contributed by atoms with Gasteiger partial charge in [-0.1, -0.05) is 0 Å². The smallest absolute Gasteiger partial charge is 0.240 e. The van der Waals surface area contributed by atoms with Gasteiger partial charge >= 0.3 is 0 Å². The standard InChI is InChI=1S/C21H26FN3O3S2/c1-15(21(26)25-12-8-20-16(14-25)9-13-29-20)24-10-6-18(7-11-24)23-30(27,28)19-4-2-17(22)3-5-19/h2-5,9,13,15,18,23H,6-8,10-12,14H2,1H3. The molecule has 1 aromatic heterocycles. The van der Waals surface area contributed by atoms with Crippen molar-refractivity contribution in [1.82, 2.24) is 14.5 Å². The molecule has 1 unspecified atom stereocenters. The predicted molar refractivity (Wildman–Crippen MR) is 114 cm³/mol. The zero-order valence-electron chi connectivity index (χ0n) is 16.9. The molecular formula is C21H26FN3O3S2. The molecule has 1 fully saturated rings. The van der Waals surface area contributed by atoms with Gasteiger partial charge in [-0.3, -0.25) is 9.69 Å². The van der Waals surface area contributed by atoms with Crippen LogP contribution in [0.4, 0.5) is 4.39 Å². The van der Waals surface area contributed by atoms with Crippen molar-refractivity contribution in [3.63, 3.8) is 0 Å². The highest BCUT2D eigenvalue weighted by molar-refractivity contribution is 7.89. The summed E-state index contributed by atoms with van der Waals surface area (Å²) in [5, 5.41) is 2.08. The molecule has 1 amide bonds. The Bertz CT molecular complexity index is 999. The maximum atomic E-state index is 13.1. The van der Waals surface area contributed by atoms with Crippen LogP contribution >= 0.6 is 11.3 Å². The largest absolute Gasteiger partial charge is 0.337 e. The normalized spacial score (nSPS) is 19.5. The van der Waals surface area contributed by atoms with Crippen molar-refractivity contribution < 1.29 is 17.6 Å². The minimum absolute atomic E-state index is 0.0628. The van der Waals surface area contributed by atoms with Gasteiger partial charge in [0.1, 0.15) is 5.82 Å². The first kappa shape index (κ1) is 21.4. The highest BCUT2D eigenvalue weighted by Gasteiger charge is 2.32. The van der Waals surface area contributed by atoms with Crippen molar-refractivity contribution in [2.45, 2.75) is 49.7 Å². The maximum absolute atomic E-state index is 13.1. The van der Waals surface area contributed by atoms with Gasteiger partial charge in [0.25, 0.3) is 0 Å². The van der Waals surface area contributed by atoms with Crippen molar-refractivity contribution in [3.8, 4) is 0 Å². The summed E-state index contributed by atoms with van der Waals surface area (Å²) in [4.78, 5) is 18.5. The van der Waals surface area contributed by atoms with E-state index in [-0.39, 0.29) is 22.9 Å². The van der Waals surface area contributed by atoms with Gasteiger partial charge < -0.3 is 4.90 Å². The number of nitrogens with one attached hydrogen (secondary N) is 1. The number of thiophene rings is 1. The predicted octanol–water partition coefficient (Wildman–Crippen LogP) is 2.60. The molecule has 9 heteroatoms. The molecule has 0 aliphatic carbocycles. The molecule has 0 saturated carbocycles. The summed E-state index contributed by atoms with van der Waals surface area (Å²) in [6.07, 6.45) is 2.18. The first-order valence-corrected chi connectivity index (χ1v) is 12.6. The molecule has 0 bridgehead atoms. The summed E-state index contributed by atoms with van der Waals surface area (Å²) < 4.78 is 40.8. The van der Waals surface area contributed by atoms with E-state index < -0.39 is 15.8 Å². The Morgan fingerprint density at radius 2 is 1.87 bits per heavy atom. The van der Waals surface area contributed by atoms with Crippen LogP contribution in [0.3, 0.4) is 0 Å². The number of piperidine rings is 1. The Morgan fingerprint density at radius 3 is 2.57 bits per heavy atom. The lowest BCUT2D eigenvalue weighted by atomic mass is 10.0. The van der Waals surface area contributed by atoms with Gasteiger partial charge in [-0.2, -0.15) is 0 Å². The van der Waals surface area contributed by atoms with Gasteiger partial charge in [0, 0.05) is 37.1 Å². The topological polar surface area (TPSA) is 69.7 Å². The zero-order valence-corrected chi connectivity index (χ0v) is 18.5. The van der Waals surface area contributed by atoms with Crippen LogP contribution in [-0.2, 0) is 27.8 Å². The number of carbonyl (C=O) groups excluding carboxylic acids is 1. The molecule has 1 aromatic carbocycles. The minimum atomic E-state index is -3.68. The number of fused-ring (bicyclic) bond motifs is 1. The summed E-state index contributed by atoms with van der Waals surface area (Å²) in [6, 6.07) is 6.51. The summed E-state index contributed by atoms with van der Waals surface area (Å²) in [7, 11) is -3.68. The third kappa shape index (κ3) is 4.59. The number of carbonyl (C=O) groups is 1. The second-order valence-electron chi connectivity index (χ2n) is 7.94. The molecule has 2 aromatic rings. The van der Waals surface area contributed by atoms with Crippen molar-refractivity contribution in [3.05, 3.63) is 52.0 Å². The van der Waals surface area contributed by atoms with Crippen LogP contribution in [0.1, 0.15) is 30.2 Å². The summed E-state index contributed by atoms with van der Waals surface area (Å²) >= 11 is 1.76. The molecule has 2 aliphatic rings. The second kappa shape index (κ2) is 8.74. The quantitative estimate of drug-likeness (QED) is 0.759. The van der Waals surface area contributed by atoms with E-state index in [0.717, 1.165) is 25.1 Å². The van der Waals surface area contributed by atoms with Crippen LogP contribution in [0.5, 0.6) is 0 Å². The lowest BCUT2D eigenvalue weighted by molar-refractivity contribution is -0.137. The van der Waals surface area contributed by atoms with E-state index in [1.165, 1.54) is 22.6 Å². The van der Waals surface area contributed by atoms with Gasteiger partial charge in [-0.25, -0.2) is 17.5 Å². The number of sulfonamides is 1. The fraction of sp³-hybridized carbons (Fsp3) is 0.476. The SMILES string of the molecule is CC(C(=O)N1CCc2sccc2C1)N1CCC(NS(=O)(=O)c2ccc(F)cc2)CC1. The Balaban J connectivity index is 1.31. The van der Waals surface area contributed by atoms with Crippen molar-refractivity contribution in [2.24, 2.45) is 0 Å². The Labute approximate surface area is 180 Å². The number of likely N-dealkylation sites (tertiary alicyclic amines) is 1. The molecule has 1 N–H and O–H groups in total. The average molecular weight is 452 g/mol. The number of benzene rings is 1. The van der Waals surface area contributed by atoms with E-state index in [1.807, 2.05) is 11.8 Å². The molecule has 0 spiro atoms. The third-order valence-electron chi connectivity index (χ3n) is 6.00. The van der Waals surface area contributed by atoms with E-state index in [4.69, 9.17) is 0 Å². The first-order chi connectivity index (χ1) is 14.3. The molecule has 2 aliphatic heterocycles. The molecule has 0 radical (unpaired) electrons. The van der Waals surface area contributed by atoms with Crippen molar-refractivity contribution >= 4 is 27.3 Å². The van der Waals surface area contributed by atoms with E-state index >= 15 is 0 Å². The fourth-order valence-electron chi connectivity index (χ4n) is 4.16. The summed E-state index contributed by atoms with van der Waals surface area (Å²) in [5.74, 6) is -0.331. The fourth-order valence-corrected chi connectivity index (χ4v) is 6.36.